The van der Waals surface area contributed by atoms with E-state index in [1.807, 2.05) is 12.3 Å². The molecule has 0 N–H and O–H groups in total. The van der Waals surface area contributed by atoms with Crippen molar-refractivity contribution in [3.63, 3.8) is 0 Å². The molecule has 1 saturated carbocycles. The third-order valence-electron chi connectivity index (χ3n) is 4.97. The van der Waals surface area contributed by atoms with Gasteiger partial charge in [-0.05, 0) is 31.4 Å². The fourth-order valence-corrected chi connectivity index (χ4v) is 3.27. The summed E-state index contributed by atoms with van der Waals surface area (Å²) < 4.78 is 5.91. The molecule has 2 aliphatic rings. The predicted octanol–water partition coefficient (Wildman–Crippen LogP) is 2.70. The van der Waals surface area contributed by atoms with Crippen molar-refractivity contribution >= 4 is 5.88 Å². The Kier molecular flexibility index (Phi) is 3.95. The van der Waals surface area contributed by atoms with Crippen LogP contribution in [0.5, 0.6) is 0 Å². The highest BCUT2D eigenvalue weighted by atomic mass is 16.4. The summed E-state index contributed by atoms with van der Waals surface area (Å²) in [4.78, 5) is 13.2. The number of piperazine rings is 1. The van der Waals surface area contributed by atoms with E-state index in [-0.39, 0.29) is 0 Å². The normalized spacial score (nSPS) is 19.9. The van der Waals surface area contributed by atoms with Crippen molar-refractivity contribution in [3.05, 3.63) is 41.7 Å². The van der Waals surface area contributed by atoms with Gasteiger partial charge in [-0.2, -0.15) is 5.26 Å². The van der Waals surface area contributed by atoms with Gasteiger partial charge < -0.3 is 9.32 Å². The van der Waals surface area contributed by atoms with E-state index in [4.69, 9.17) is 4.42 Å². The van der Waals surface area contributed by atoms with Crippen LogP contribution in [-0.2, 0) is 0 Å². The standard InChI is InChI=1S/C18H21N5O/c1-13(15-3-2-6-20-12-15)22-7-9-23(10-8-22)18-16(11-19)21-17(24-18)14-4-5-14/h2-3,6,12-14H,4-5,7-10H2,1H3/t13-/m0/s1. The fraction of sp³-hybridized carbons (Fsp3) is 0.500. The van der Waals surface area contributed by atoms with Crippen molar-refractivity contribution in [2.24, 2.45) is 0 Å². The molecule has 0 radical (unpaired) electrons. The average Bonchev–Trinajstić information content (AvgIpc) is 3.41. The summed E-state index contributed by atoms with van der Waals surface area (Å²) in [5, 5.41) is 9.34. The number of anilines is 1. The van der Waals surface area contributed by atoms with Gasteiger partial charge in [0.1, 0.15) is 6.07 Å². The van der Waals surface area contributed by atoms with Crippen molar-refractivity contribution in [1.82, 2.24) is 14.9 Å². The Hall–Kier alpha value is -2.39. The molecule has 0 amide bonds. The van der Waals surface area contributed by atoms with Gasteiger partial charge in [-0.15, -0.1) is 0 Å². The van der Waals surface area contributed by atoms with Gasteiger partial charge in [-0.1, -0.05) is 6.07 Å². The van der Waals surface area contributed by atoms with Crippen LogP contribution >= 0.6 is 0 Å². The van der Waals surface area contributed by atoms with Gasteiger partial charge in [0.05, 0.1) is 0 Å². The lowest BCUT2D eigenvalue weighted by Gasteiger charge is -2.37. The number of nitrogens with zero attached hydrogens (tertiary/aromatic N) is 5. The van der Waals surface area contributed by atoms with Gasteiger partial charge in [-0.25, -0.2) is 4.98 Å². The van der Waals surface area contributed by atoms with Crippen LogP contribution in [-0.4, -0.2) is 41.0 Å². The van der Waals surface area contributed by atoms with Crippen molar-refractivity contribution in [2.75, 3.05) is 31.1 Å². The summed E-state index contributed by atoms with van der Waals surface area (Å²) in [5.74, 6) is 1.83. The number of aromatic nitrogens is 2. The Morgan fingerprint density at radius 3 is 2.71 bits per heavy atom. The lowest BCUT2D eigenvalue weighted by Crippen LogP contribution is -2.47. The largest absolute Gasteiger partial charge is 0.423 e. The van der Waals surface area contributed by atoms with E-state index in [1.54, 1.807) is 6.20 Å². The molecule has 1 aliphatic heterocycles. The molecule has 1 atom stereocenters. The Bertz CT molecular complexity index is 739. The maximum absolute atomic E-state index is 9.34. The molecule has 2 aromatic heterocycles. The van der Waals surface area contributed by atoms with E-state index >= 15 is 0 Å². The monoisotopic (exact) mass is 323 g/mol. The molecule has 0 bridgehead atoms. The van der Waals surface area contributed by atoms with Crippen LogP contribution in [0.15, 0.2) is 28.9 Å². The van der Waals surface area contributed by atoms with Gasteiger partial charge in [0.15, 0.2) is 0 Å². The highest BCUT2D eigenvalue weighted by molar-refractivity contribution is 5.48. The molecule has 4 rings (SSSR count). The highest BCUT2D eigenvalue weighted by Crippen LogP contribution is 2.41. The molecule has 124 valence electrons. The molecule has 6 nitrogen and oxygen atoms in total. The molecule has 2 fully saturated rings. The van der Waals surface area contributed by atoms with Crippen LogP contribution in [0.2, 0.25) is 0 Å². The minimum atomic E-state index is 0.341. The number of pyridine rings is 1. The summed E-state index contributed by atoms with van der Waals surface area (Å²) in [6, 6.07) is 6.63. The second-order valence-electron chi connectivity index (χ2n) is 6.58. The SMILES string of the molecule is C[C@@H](c1cccnc1)N1CCN(c2oc(C3CC3)nc2C#N)CC1. The zero-order valence-electron chi connectivity index (χ0n) is 13.9. The van der Waals surface area contributed by atoms with Gasteiger partial charge in [-0.3, -0.25) is 9.88 Å². The molecule has 2 aromatic rings. The second kappa shape index (κ2) is 6.25. The predicted molar refractivity (Wildman–Crippen MR) is 89.6 cm³/mol. The number of hydrogen-bond acceptors (Lipinski definition) is 6. The topological polar surface area (TPSA) is 69.2 Å². The van der Waals surface area contributed by atoms with E-state index in [2.05, 4.69) is 38.8 Å². The number of hydrogen-bond donors (Lipinski definition) is 0. The van der Waals surface area contributed by atoms with Crippen molar-refractivity contribution < 1.29 is 4.42 Å². The number of oxazole rings is 1. The Labute approximate surface area is 141 Å². The molecule has 0 spiro atoms. The van der Waals surface area contributed by atoms with E-state index < -0.39 is 0 Å². The molecule has 6 heteroatoms. The summed E-state index contributed by atoms with van der Waals surface area (Å²) in [5.41, 5.74) is 1.67. The summed E-state index contributed by atoms with van der Waals surface area (Å²) in [6.45, 7) is 5.77. The number of nitriles is 1. The van der Waals surface area contributed by atoms with E-state index in [0.717, 1.165) is 44.9 Å². The zero-order chi connectivity index (χ0) is 16.5. The molecule has 1 saturated heterocycles. The van der Waals surface area contributed by atoms with Crippen molar-refractivity contribution in [1.29, 1.82) is 5.26 Å². The Balaban J connectivity index is 1.44. The lowest BCUT2D eigenvalue weighted by atomic mass is 10.1. The maximum Gasteiger partial charge on any atom is 0.234 e. The van der Waals surface area contributed by atoms with Crippen LogP contribution in [0.4, 0.5) is 5.88 Å². The lowest BCUT2D eigenvalue weighted by molar-refractivity contribution is 0.195. The maximum atomic E-state index is 9.34. The van der Waals surface area contributed by atoms with Crippen LogP contribution < -0.4 is 4.90 Å². The van der Waals surface area contributed by atoms with Crippen molar-refractivity contribution in [2.45, 2.75) is 31.7 Å². The smallest absolute Gasteiger partial charge is 0.234 e. The molecular weight excluding hydrogens is 302 g/mol. The van der Waals surface area contributed by atoms with E-state index in [9.17, 15) is 5.26 Å². The second-order valence-corrected chi connectivity index (χ2v) is 6.58. The molecular formula is C18H21N5O. The first-order chi connectivity index (χ1) is 11.8. The van der Waals surface area contributed by atoms with Crippen LogP contribution in [0.3, 0.4) is 0 Å². The molecule has 24 heavy (non-hydrogen) atoms. The molecule has 3 heterocycles. The fourth-order valence-electron chi connectivity index (χ4n) is 3.27. The Morgan fingerprint density at radius 1 is 1.29 bits per heavy atom. The van der Waals surface area contributed by atoms with Crippen LogP contribution in [0.1, 0.15) is 48.9 Å². The highest BCUT2D eigenvalue weighted by Gasteiger charge is 2.32. The number of rotatable bonds is 4. The first-order valence-electron chi connectivity index (χ1n) is 8.56. The van der Waals surface area contributed by atoms with Crippen LogP contribution in [0, 0.1) is 11.3 Å². The average molecular weight is 323 g/mol. The van der Waals surface area contributed by atoms with Crippen molar-refractivity contribution in [3.8, 4) is 6.07 Å². The third kappa shape index (κ3) is 2.87. The molecule has 0 aromatic carbocycles. The summed E-state index contributed by atoms with van der Waals surface area (Å²) >= 11 is 0. The van der Waals surface area contributed by atoms with Crippen LogP contribution in [0.25, 0.3) is 0 Å². The first kappa shape index (κ1) is 15.2. The minimum absolute atomic E-state index is 0.341. The van der Waals surface area contributed by atoms with E-state index in [0.29, 0.717) is 23.5 Å². The van der Waals surface area contributed by atoms with E-state index in [1.165, 1.54) is 5.56 Å². The van der Waals surface area contributed by atoms with Gasteiger partial charge in [0.2, 0.25) is 17.5 Å². The quantitative estimate of drug-likeness (QED) is 0.861. The zero-order valence-corrected chi connectivity index (χ0v) is 13.9. The summed E-state index contributed by atoms with van der Waals surface area (Å²) in [6.07, 6.45) is 5.99. The molecule has 1 aliphatic carbocycles. The van der Waals surface area contributed by atoms with Gasteiger partial charge >= 0.3 is 0 Å². The van der Waals surface area contributed by atoms with Gasteiger partial charge in [0, 0.05) is 50.5 Å². The Morgan fingerprint density at radius 2 is 2.08 bits per heavy atom. The molecule has 0 unspecified atom stereocenters. The van der Waals surface area contributed by atoms with Gasteiger partial charge in [0.25, 0.3) is 0 Å². The third-order valence-corrected chi connectivity index (χ3v) is 4.97. The minimum Gasteiger partial charge on any atom is -0.423 e. The first-order valence-corrected chi connectivity index (χ1v) is 8.56. The summed E-state index contributed by atoms with van der Waals surface area (Å²) in [7, 11) is 0.